The molecule has 0 bridgehead atoms. The van der Waals surface area contributed by atoms with Gasteiger partial charge < -0.3 is 15.1 Å². The van der Waals surface area contributed by atoms with Gasteiger partial charge in [0.1, 0.15) is 0 Å². The Kier molecular flexibility index (Phi) is 5.31. The Morgan fingerprint density at radius 3 is 3.00 bits per heavy atom. The average Bonchev–Trinajstić information content (AvgIpc) is 2.42. The molecular weight excluding hydrogens is 166 g/mol. The molecule has 4 heteroatoms. The molecule has 13 heavy (non-hydrogen) atoms. The number of hydrogen-bond acceptors (Lipinski definition) is 4. The lowest BCUT2D eigenvalue weighted by Gasteiger charge is -2.22. The second-order valence-electron chi connectivity index (χ2n) is 3.48. The molecular formula is C9H21N3O. The molecule has 1 heterocycles. The van der Waals surface area contributed by atoms with E-state index in [0.29, 0.717) is 0 Å². The number of nitrogens with zero attached hydrogens (tertiary/aromatic N) is 2. The van der Waals surface area contributed by atoms with Gasteiger partial charge in [-0.15, -0.1) is 0 Å². The second-order valence-corrected chi connectivity index (χ2v) is 3.48. The van der Waals surface area contributed by atoms with Crippen molar-refractivity contribution in [2.75, 3.05) is 53.4 Å². The van der Waals surface area contributed by atoms with E-state index >= 15 is 0 Å². The third-order valence-corrected chi connectivity index (χ3v) is 2.48. The third-order valence-electron chi connectivity index (χ3n) is 2.48. The highest BCUT2D eigenvalue weighted by Gasteiger charge is 2.08. The number of nitrogens with one attached hydrogen (secondary N) is 1. The van der Waals surface area contributed by atoms with Gasteiger partial charge in [0.2, 0.25) is 0 Å². The molecule has 1 rings (SSSR count). The highest BCUT2D eigenvalue weighted by atomic mass is 16.7. The second kappa shape index (κ2) is 6.32. The van der Waals surface area contributed by atoms with E-state index in [2.05, 4.69) is 10.2 Å². The van der Waals surface area contributed by atoms with E-state index in [1.807, 2.05) is 12.1 Å². The summed E-state index contributed by atoms with van der Waals surface area (Å²) in [6, 6.07) is 0. The van der Waals surface area contributed by atoms with Gasteiger partial charge in [0.15, 0.2) is 0 Å². The molecule has 0 saturated carbocycles. The minimum atomic E-state index is 0.983. The van der Waals surface area contributed by atoms with E-state index in [9.17, 15) is 0 Å². The Labute approximate surface area is 80.8 Å². The van der Waals surface area contributed by atoms with Crippen LogP contribution in [-0.4, -0.2) is 63.4 Å². The molecule has 1 aliphatic rings. The summed E-state index contributed by atoms with van der Waals surface area (Å²) in [5, 5.41) is 5.27. The third kappa shape index (κ3) is 4.57. The molecule has 1 aliphatic heterocycles. The van der Waals surface area contributed by atoms with Crippen LogP contribution < -0.4 is 5.32 Å². The van der Waals surface area contributed by atoms with E-state index < -0.39 is 0 Å². The molecule has 0 aliphatic carbocycles. The maximum absolute atomic E-state index is 5.06. The zero-order chi connectivity index (χ0) is 9.52. The molecule has 0 unspecified atom stereocenters. The minimum Gasteiger partial charge on any atom is -0.315 e. The fraction of sp³-hybridized carbons (Fsp3) is 1.00. The van der Waals surface area contributed by atoms with Crippen molar-refractivity contribution < 1.29 is 4.84 Å². The first-order valence-corrected chi connectivity index (χ1v) is 5.01. The topological polar surface area (TPSA) is 27.7 Å². The van der Waals surface area contributed by atoms with Crippen LogP contribution in [0.25, 0.3) is 0 Å². The molecule has 0 radical (unpaired) electrons. The van der Waals surface area contributed by atoms with Crippen LogP contribution in [0, 0.1) is 0 Å². The Balaban J connectivity index is 2.11. The molecule has 0 amide bonds. The zero-order valence-corrected chi connectivity index (χ0v) is 8.75. The Morgan fingerprint density at radius 1 is 1.38 bits per heavy atom. The van der Waals surface area contributed by atoms with Crippen LogP contribution in [0.1, 0.15) is 6.42 Å². The highest BCUT2D eigenvalue weighted by molar-refractivity contribution is 4.65. The Hall–Kier alpha value is -0.160. The Bertz CT molecular complexity index is 124. The van der Waals surface area contributed by atoms with Gasteiger partial charge >= 0.3 is 0 Å². The monoisotopic (exact) mass is 187 g/mol. The average molecular weight is 187 g/mol. The van der Waals surface area contributed by atoms with Gasteiger partial charge in [-0.2, -0.15) is 5.06 Å². The lowest BCUT2D eigenvalue weighted by molar-refractivity contribution is -0.111. The molecule has 1 fully saturated rings. The van der Waals surface area contributed by atoms with Gasteiger partial charge in [0.25, 0.3) is 0 Å². The largest absolute Gasteiger partial charge is 0.315 e. The van der Waals surface area contributed by atoms with E-state index in [-0.39, 0.29) is 0 Å². The SMILES string of the molecule is CON(C)CCN1CCCNCC1. The van der Waals surface area contributed by atoms with Gasteiger partial charge in [-0.1, -0.05) is 0 Å². The van der Waals surface area contributed by atoms with Crippen LogP contribution in [0.15, 0.2) is 0 Å². The quantitative estimate of drug-likeness (QED) is 0.616. The predicted octanol–water partition coefficient (Wildman–Crippen LogP) is -0.225. The van der Waals surface area contributed by atoms with Gasteiger partial charge in [0.05, 0.1) is 7.11 Å². The summed E-state index contributed by atoms with van der Waals surface area (Å²) in [5.74, 6) is 0. The van der Waals surface area contributed by atoms with Gasteiger partial charge in [0, 0.05) is 33.2 Å². The van der Waals surface area contributed by atoms with Crippen molar-refractivity contribution in [3.8, 4) is 0 Å². The molecule has 0 atom stereocenters. The molecule has 4 nitrogen and oxygen atoms in total. The fourth-order valence-corrected chi connectivity index (χ4v) is 1.50. The molecule has 78 valence electrons. The van der Waals surface area contributed by atoms with Crippen molar-refractivity contribution in [3.63, 3.8) is 0 Å². The molecule has 0 aromatic heterocycles. The van der Waals surface area contributed by atoms with Crippen LogP contribution >= 0.6 is 0 Å². The lowest BCUT2D eigenvalue weighted by atomic mass is 10.4. The first-order chi connectivity index (χ1) is 6.33. The molecule has 0 aromatic carbocycles. The van der Waals surface area contributed by atoms with Crippen LogP contribution in [0.4, 0.5) is 0 Å². The minimum absolute atomic E-state index is 0.983. The number of rotatable bonds is 4. The van der Waals surface area contributed by atoms with Crippen molar-refractivity contribution in [3.05, 3.63) is 0 Å². The number of likely N-dealkylation sites (N-methyl/N-ethyl adjacent to an activating group) is 1. The van der Waals surface area contributed by atoms with E-state index in [4.69, 9.17) is 4.84 Å². The molecule has 0 spiro atoms. The summed E-state index contributed by atoms with van der Waals surface area (Å²) < 4.78 is 0. The summed E-state index contributed by atoms with van der Waals surface area (Å²) in [4.78, 5) is 7.55. The first-order valence-electron chi connectivity index (χ1n) is 5.01. The fourth-order valence-electron chi connectivity index (χ4n) is 1.50. The summed E-state index contributed by atoms with van der Waals surface area (Å²) in [5.41, 5.74) is 0. The number of hydroxylamine groups is 2. The van der Waals surface area contributed by atoms with Crippen LogP contribution in [0.5, 0.6) is 0 Å². The maximum Gasteiger partial charge on any atom is 0.0575 e. The van der Waals surface area contributed by atoms with Crippen molar-refractivity contribution in [2.45, 2.75) is 6.42 Å². The molecule has 1 N–H and O–H groups in total. The van der Waals surface area contributed by atoms with Gasteiger partial charge in [-0.3, -0.25) is 0 Å². The summed E-state index contributed by atoms with van der Waals surface area (Å²) >= 11 is 0. The maximum atomic E-state index is 5.06. The standard InChI is InChI=1S/C9H21N3O/c1-11(13-2)8-9-12-6-3-4-10-5-7-12/h10H,3-9H2,1-2H3. The number of hydrogen-bond donors (Lipinski definition) is 1. The van der Waals surface area contributed by atoms with Crippen LogP contribution in [0.2, 0.25) is 0 Å². The normalized spacial score (nSPS) is 20.5. The lowest BCUT2D eigenvalue weighted by Crippen LogP contribution is -2.35. The van der Waals surface area contributed by atoms with Crippen LogP contribution in [-0.2, 0) is 4.84 Å². The summed E-state index contributed by atoms with van der Waals surface area (Å²) in [6.07, 6.45) is 1.26. The zero-order valence-electron chi connectivity index (χ0n) is 8.75. The first kappa shape index (κ1) is 10.9. The summed E-state index contributed by atoms with van der Waals surface area (Å²) in [7, 11) is 3.68. The van der Waals surface area contributed by atoms with Crippen molar-refractivity contribution in [1.82, 2.24) is 15.3 Å². The van der Waals surface area contributed by atoms with Crippen LogP contribution in [0.3, 0.4) is 0 Å². The van der Waals surface area contributed by atoms with Crippen molar-refractivity contribution in [1.29, 1.82) is 0 Å². The molecule has 1 saturated heterocycles. The van der Waals surface area contributed by atoms with Crippen molar-refractivity contribution in [2.24, 2.45) is 0 Å². The highest BCUT2D eigenvalue weighted by Crippen LogP contribution is 1.95. The van der Waals surface area contributed by atoms with Gasteiger partial charge in [-0.05, 0) is 19.5 Å². The summed E-state index contributed by atoms with van der Waals surface area (Å²) in [6.45, 7) is 6.75. The smallest absolute Gasteiger partial charge is 0.0575 e. The van der Waals surface area contributed by atoms with E-state index in [1.54, 1.807) is 7.11 Å². The van der Waals surface area contributed by atoms with E-state index in [1.165, 1.54) is 13.0 Å². The van der Waals surface area contributed by atoms with Gasteiger partial charge in [-0.25, -0.2) is 0 Å². The van der Waals surface area contributed by atoms with E-state index in [0.717, 1.165) is 32.7 Å². The predicted molar refractivity (Wildman–Crippen MR) is 53.6 cm³/mol. The van der Waals surface area contributed by atoms with Crippen molar-refractivity contribution >= 4 is 0 Å². The Morgan fingerprint density at radius 2 is 2.23 bits per heavy atom. The molecule has 0 aromatic rings.